The zero-order valence-corrected chi connectivity index (χ0v) is 13.3. The van der Waals surface area contributed by atoms with Crippen LogP contribution in [-0.2, 0) is 4.79 Å². The van der Waals surface area contributed by atoms with E-state index >= 15 is 0 Å². The molecule has 2 N–H and O–H groups in total. The monoisotopic (exact) mass is 277 g/mol. The molecular formula is C16H27N3O. The number of carbonyl (C=O) groups excluding carboxylic acids is 1. The van der Waals surface area contributed by atoms with Crippen molar-refractivity contribution in [3.05, 3.63) is 23.8 Å². The lowest BCUT2D eigenvalue weighted by atomic mass is 10.1. The van der Waals surface area contributed by atoms with Gasteiger partial charge in [-0.1, -0.05) is 19.4 Å². The average molecular weight is 277 g/mol. The number of anilines is 2. The van der Waals surface area contributed by atoms with Crippen LogP contribution in [0, 0.1) is 6.92 Å². The van der Waals surface area contributed by atoms with Gasteiger partial charge in [0.15, 0.2) is 0 Å². The van der Waals surface area contributed by atoms with Gasteiger partial charge in [0.2, 0.25) is 5.91 Å². The minimum Gasteiger partial charge on any atom is -0.377 e. The summed E-state index contributed by atoms with van der Waals surface area (Å²) in [6.45, 7) is 6.83. The maximum absolute atomic E-state index is 11.9. The summed E-state index contributed by atoms with van der Waals surface area (Å²) in [7, 11) is 4.04. The Kier molecular flexibility index (Phi) is 6.36. The van der Waals surface area contributed by atoms with E-state index < -0.39 is 0 Å². The van der Waals surface area contributed by atoms with Crippen molar-refractivity contribution in [3.8, 4) is 0 Å². The minimum atomic E-state index is -0.232. The smallest absolute Gasteiger partial charge is 0.242 e. The van der Waals surface area contributed by atoms with Crippen LogP contribution in [0.1, 0.15) is 32.3 Å². The van der Waals surface area contributed by atoms with Crippen LogP contribution in [0.15, 0.2) is 18.2 Å². The van der Waals surface area contributed by atoms with Gasteiger partial charge < -0.3 is 15.5 Å². The minimum absolute atomic E-state index is 0.0467. The van der Waals surface area contributed by atoms with E-state index in [1.807, 2.05) is 27.1 Å². The highest BCUT2D eigenvalue weighted by Crippen LogP contribution is 2.22. The molecule has 20 heavy (non-hydrogen) atoms. The number of hydrogen-bond donors (Lipinski definition) is 2. The molecule has 1 rings (SSSR count). The van der Waals surface area contributed by atoms with Crippen molar-refractivity contribution in [2.24, 2.45) is 0 Å². The summed E-state index contributed by atoms with van der Waals surface area (Å²) in [5, 5.41) is 6.19. The zero-order valence-electron chi connectivity index (χ0n) is 13.3. The third kappa shape index (κ3) is 4.76. The summed E-state index contributed by atoms with van der Waals surface area (Å²) >= 11 is 0. The molecule has 0 spiro atoms. The number of amides is 1. The third-order valence-electron chi connectivity index (χ3n) is 3.30. The third-order valence-corrected chi connectivity index (χ3v) is 3.30. The molecule has 0 heterocycles. The molecule has 0 aliphatic heterocycles. The van der Waals surface area contributed by atoms with Gasteiger partial charge in [-0.05, 0) is 38.0 Å². The first-order chi connectivity index (χ1) is 9.45. The van der Waals surface area contributed by atoms with Crippen molar-refractivity contribution < 1.29 is 4.79 Å². The lowest BCUT2D eigenvalue weighted by molar-refractivity contribution is -0.121. The van der Waals surface area contributed by atoms with Gasteiger partial charge in [0.25, 0.3) is 0 Å². The van der Waals surface area contributed by atoms with Gasteiger partial charge in [0.1, 0.15) is 6.04 Å². The maximum atomic E-state index is 11.9. The van der Waals surface area contributed by atoms with E-state index in [4.69, 9.17) is 0 Å². The number of nitrogens with zero attached hydrogens (tertiary/aromatic N) is 1. The van der Waals surface area contributed by atoms with Gasteiger partial charge in [-0.15, -0.1) is 0 Å². The lowest BCUT2D eigenvalue weighted by Gasteiger charge is -2.19. The predicted molar refractivity (Wildman–Crippen MR) is 86.5 cm³/mol. The molecule has 4 nitrogen and oxygen atoms in total. The van der Waals surface area contributed by atoms with Gasteiger partial charge in [-0.3, -0.25) is 4.79 Å². The molecule has 1 aromatic rings. The standard InChI is InChI=1S/C16H27N3O/c1-6-7-10-17-16(20)13(3)18-14-9-8-12(2)15(11-14)19(4)5/h8-9,11,13,18H,6-7,10H2,1-5H3,(H,17,20). The van der Waals surface area contributed by atoms with Crippen LogP contribution in [0.2, 0.25) is 0 Å². The number of carbonyl (C=O) groups is 1. The van der Waals surface area contributed by atoms with Crippen molar-refractivity contribution in [3.63, 3.8) is 0 Å². The second kappa shape index (κ2) is 7.78. The van der Waals surface area contributed by atoms with Crippen LogP contribution in [0.25, 0.3) is 0 Å². The number of aryl methyl sites for hydroxylation is 1. The van der Waals surface area contributed by atoms with Gasteiger partial charge in [-0.2, -0.15) is 0 Å². The SMILES string of the molecule is CCCCNC(=O)C(C)Nc1ccc(C)c(N(C)C)c1. The number of hydrogen-bond acceptors (Lipinski definition) is 3. The first-order valence-corrected chi connectivity index (χ1v) is 7.28. The Morgan fingerprint density at radius 3 is 2.65 bits per heavy atom. The second-order valence-electron chi connectivity index (χ2n) is 5.41. The van der Waals surface area contributed by atoms with E-state index in [1.165, 1.54) is 5.56 Å². The fourth-order valence-corrected chi connectivity index (χ4v) is 2.04. The molecule has 0 aliphatic rings. The van der Waals surface area contributed by atoms with E-state index in [1.54, 1.807) is 0 Å². The number of rotatable bonds is 7. The van der Waals surface area contributed by atoms with Crippen LogP contribution in [0.3, 0.4) is 0 Å². The Morgan fingerprint density at radius 2 is 2.05 bits per heavy atom. The Bertz CT molecular complexity index is 443. The molecule has 4 heteroatoms. The quantitative estimate of drug-likeness (QED) is 0.753. The molecule has 112 valence electrons. The Balaban J connectivity index is 2.63. The topological polar surface area (TPSA) is 44.4 Å². The molecule has 0 bridgehead atoms. The molecule has 1 atom stereocenters. The first-order valence-electron chi connectivity index (χ1n) is 7.28. The molecule has 0 fully saturated rings. The summed E-state index contributed by atoms with van der Waals surface area (Å²) in [6.07, 6.45) is 2.11. The molecule has 0 aliphatic carbocycles. The van der Waals surface area contributed by atoms with Crippen LogP contribution >= 0.6 is 0 Å². The van der Waals surface area contributed by atoms with Gasteiger partial charge in [0, 0.05) is 32.0 Å². The molecule has 0 saturated carbocycles. The van der Waals surface area contributed by atoms with Crippen molar-refractivity contribution in [1.82, 2.24) is 5.32 Å². The molecule has 0 aromatic heterocycles. The van der Waals surface area contributed by atoms with E-state index in [0.717, 1.165) is 30.8 Å². The highest BCUT2D eigenvalue weighted by Gasteiger charge is 2.12. The Labute approximate surface area is 122 Å². The Hall–Kier alpha value is -1.71. The molecule has 1 unspecified atom stereocenters. The second-order valence-corrected chi connectivity index (χ2v) is 5.41. The average Bonchev–Trinajstić information content (AvgIpc) is 2.40. The summed E-state index contributed by atoms with van der Waals surface area (Å²) in [5.74, 6) is 0.0467. The number of benzene rings is 1. The molecular weight excluding hydrogens is 250 g/mol. The van der Waals surface area contributed by atoms with E-state index in [0.29, 0.717) is 0 Å². The van der Waals surface area contributed by atoms with E-state index in [-0.39, 0.29) is 11.9 Å². The van der Waals surface area contributed by atoms with Crippen LogP contribution in [-0.4, -0.2) is 32.6 Å². The van der Waals surface area contributed by atoms with Crippen LogP contribution < -0.4 is 15.5 Å². The number of unbranched alkanes of at least 4 members (excludes halogenated alkanes) is 1. The van der Waals surface area contributed by atoms with Gasteiger partial charge in [-0.25, -0.2) is 0 Å². The fourth-order valence-electron chi connectivity index (χ4n) is 2.04. The van der Waals surface area contributed by atoms with Crippen LogP contribution in [0.4, 0.5) is 11.4 Å². The molecule has 0 radical (unpaired) electrons. The van der Waals surface area contributed by atoms with Crippen molar-refractivity contribution in [1.29, 1.82) is 0 Å². The van der Waals surface area contributed by atoms with Gasteiger partial charge in [0.05, 0.1) is 0 Å². The van der Waals surface area contributed by atoms with E-state index in [2.05, 4.69) is 41.5 Å². The van der Waals surface area contributed by atoms with Gasteiger partial charge >= 0.3 is 0 Å². The fraction of sp³-hybridized carbons (Fsp3) is 0.562. The zero-order chi connectivity index (χ0) is 15.1. The van der Waals surface area contributed by atoms with E-state index in [9.17, 15) is 4.79 Å². The lowest BCUT2D eigenvalue weighted by Crippen LogP contribution is -2.38. The number of nitrogens with one attached hydrogen (secondary N) is 2. The largest absolute Gasteiger partial charge is 0.377 e. The van der Waals surface area contributed by atoms with Crippen molar-refractivity contribution in [2.75, 3.05) is 30.9 Å². The van der Waals surface area contributed by atoms with Crippen molar-refractivity contribution in [2.45, 2.75) is 39.7 Å². The highest BCUT2D eigenvalue weighted by molar-refractivity contribution is 5.84. The first kappa shape index (κ1) is 16.3. The molecule has 0 saturated heterocycles. The molecule has 1 aromatic carbocycles. The summed E-state index contributed by atoms with van der Waals surface area (Å²) in [4.78, 5) is 14.0. The normalized spacial score (nSPS) is 11.8. The van der Waals surface area contributed by atoms with Crippen molar-refractivity contribution >= 4 is 17.3 Å². The molecule has 1 amide bonds. The van der Waals surface area contributed by atoms with Crippen LogP contribution in [0.5, 0.6) is 0 Å². The summed E-state index contributed by atoms with van der Waals surface area (Å²) in [5.41, 5.74) is 3.35. The Morgan fingerprint density at radius 1 is 1.35 bits per heavy atom. The summed E-state index contributed by atoms with van der Waals surface area (Å²) in [6, 6.07) is 5.92. The predicted octanol–water partition coefficient (Wildman–Crippen LogP) is 2.78. The summed E-state index contributed by atoms with van der Waals surface area (Å²) < 4.78 is 0. The maximum Gasteiger partial charge on any atom is 0.242 e. The highest BCUT2D eigenvalue weighted by atomic mass is 16.2.